The van der Waals surface area contributed by atoms with Crippen molar-refractivity contribution in [3.05, 3.63) is 53.6 Å². The summed E-state index contributed by atoms with van der Waals surface area (Å²) in [5, 5.41) is 1.18. The Morgan fingerprint density at radius 2 is 1.97 bits per heavy atom. The highest BCUT2D eigenvalue weighted by molar-refractivity contribution is 5.99. The minimum atomic E-state index is -0.801. The second-order valence-corrected chi connectivity index (χ2v) is 9.14. The molecule has 0 bridgehead atoms. The fourth-order valence-corrected chi connectivity index (χ4v) is 5.37. The zero-order chi connectivity index (χ0) is 24.7. The molecule has 1 fully saturated rings. The third-order valence-electron chi connectivity index (χ3n) is 6.98. The van der Waals surface area contributed by atoms with Gasteiger partial charge < -0.3 is 24.5 Å². The van der Waals surface area contributed by atoms with Crippen molar-refractivity contribution >= 4 is 33.9 Å². The first-order valence-electron chi connectivity index (χ1n) is 12.2. The number of para-hydroxylation sites is 1. The maximum Gasteiger partial charge on any atom is 0.404 e. The summed E-state index contributed by atoms with van der Waals surface area (Å²) in [5.74, 6) is 0.805. The molecule has 0 spiro atoms. The molecule has 1 atom stereocenters. The third kappa shape index (κ3) is 4.03. The van der Waals surface area contributed by atoms with Crippen LogP contribution in [0.5, 0.6) is 0 Å². The van der Waals surface area contributed by atoms with Crippen LogP contribution in [0.4, 0.5) is 4.79 Å². The standard InChI is InChI=1S/C27H31N5O3/c1-4-17-13-19(26(33)31-12-8-10-20(16-31)35-27(28)34)14-21-24(17)30(3)25(29-21)23-15-18-9-6-7-11-22(18)32(23)5-2/h6-7,9,11,13-15,20H,4-5,8,10,12,16H2,1-3H3,(H2,28,34). The van der Waals surface area contributed by atoms with Crippen LogP contribution in [0, 0.1) is 0 Å². The van der Waals surface area contributed by atoms with Gasteiger partial charge in [0.05, 0.1) is 23.3 Å². The van der Waals surface area contributed by atoms with Crippen molar-refractivity contribution < 1.29 is 14.3 Å². The molecule has 2 aromatic heterocycles. The van der Waals surface area contributed by atoms with Crippen LogP contribution in [-0.4, -0.2) is 50.2 Å². The molecule has 1 unspecified atom stereocenters. The molecular weight excluding hydrogens is 442 g/mol. The van der Waals surface area contributed by atoms with Crippen LogP contribution in [0.2, 0.25) is 0 Å². The number of rotatable bonds is 5. The smallest absolute Gasteiger partial charge is 0.404 e. The average molecular weight is 474 g/mol. The normalized spacial score (nSPS) is 16.2. The van der Waals surface area contributed by atoms with E-state index in [0.717, 1.165) is 47.5 Å². The Balaban J connectivity index is 1.56. The number of ether oxygens (including phenoxy) is 1. The number of nitrogens with two attached hydrogens (primary N) is 1. The van der Waals surface area contributed by atoms with Gasteiger partial charge in [-0.25, -0.2) is 9.78 Å². The Labute approximate surface area is 204 Å². The molecule has 1 aliphatic heterocycles. The summed E-state index contributed by atoms with van der Waals surface area (Å²) in [5.41, 5.74) is 11.0. The zero-order valence-corrected chi connectivity index (χ0v) is 20.5. The van der Waals surface area contributed by atoms with E-state index in [4.69, 9.17) is 15.5 Å². The molecule has 1 saturated heterocycles. The molecule has 2 amide bonds. The first-order chi connectivity index (χ1) is 16.9. The van der Waals surface area contributed by atoms with Crippen LogP contribution in [0.15, 0.2) is 42.5 Å². The van der Waals surface area contributed by atoms with E-state index in [0.29, 0.717) is 25.1 Å². The quantitative estimate of drug-likeness (QED) is 0.462. The highest BCUT2D eigenvalue weighted by Gasteiger charge is 2.27. The van der Waals surface area contributed by atoms with Gasteiger partial charge in [-0.3, -0.25) is 4.79 Å². The molecule has 2 aromatic carbocycles. The lowest BCUT2D eigenvalue weighted by molar-refractivity contribution is 0.0373. The number of hydrogen-bond acceptors (Lipinski definition) is 4. The van der Waals surface area contributed by atoms with Gasteiger partial charge in [0.2, 0.25) is 0 Å². The molecule has 35 heavy (non-hydrogen) atoms. The van der Waals surface area contributed by atoms with E-state index < -0.39 is 6.09 Å². The van der Waals surface area contributed by atoms with Crippen molar-refractivity contribution in [3.8, 4) is 11.5 Å². The molecule has 8 nitrogen and oxygen atoms in total. The van der Waals surface area contributed by atoms with E-state index >= 15 is 0 Å². The van der Waals surface area contributed by atoms with E-state index in [1.807, 2.05) is 25.2 Å². The summed E-state index contributed by atoms with van der Waals surface area (Å²) in [6.45, 7) is 6.04. The highest BCUT2D eigenvalue weighted by Crippen LogP contribution is 2.32. The number of amides is 2. The molecule has 5 rings (SSSR count). The van der Waals surface area contributed by atoms with Crippen molar-refractivity contribution in [1.29, 1.82) is 0 Å². The van der Waals surface area contributed by atoms with Crippen LogP contribution < -0.4 is 5.73 Å². The Kier molecular flexibility index (Phi) is 5.96. The van der Waals surface area contributed by atoms with Crippen LogP contribution in [0.3, 0.4) is 0 Å². The predicted molar refractivity (Wildman–Crippen MR) is 136 cm³/mol. The second-order valence-electron chi connectivity index (χ2n) is 9.14. The van der Waals surface area contributed by atoms with E-state index in [2.05, 4.69) is 47.2 Å². The van der Waals surface area contributed by atoms with Gasteiger partial charge in [-0.2, -0.15) is 0 Å². The van der Waals surface area contributed by atoms with Crippen LogP contribution in [0.1, 0.15) is 42.6 Å². The van der Waals surface area contributed by atoms with Gasteiger partial charge in [0, 0.05) is 36.6 Å². The summed E-state index contributed by atoms with van der Waals surface area (Å²) in [6, 6.07) is 14.4. The van der Waals surface area contributed by atoms with Crippen molar-refractivity contribution in [2.75, 3.05) is 13.1 Å². The summed E-state index contributed by atoms with van der Waals surface area (Å²) >= 11 is 0. The lowest BCUT2D eigenvalue weighted by Crippen LogP contribution is -2.44. The zero-order valence-electron chi connectivity index (χ0n) is 20.5. The molecule has 0 radical (unpaired) electrons. The highest BCUT2D eigenvalue weighted by atomic mass is 16.6. The van der Waals surface area contributed by atoms with Gasteiger partial charge >= 0.3 is 6.09 Å². The molecule has 2 N–H and O–H groups in total. The Bertz CT molecular complexity index is 1430. The monoisotopic (exact) mass is 473 g/mol. The third-order valence-corrected chi connectivity index (χ3v) is 6.98. The topological polar surface area (TPSA) is 95.4 Å². The van der Waals surface area contributed by atoms with E-state index in [9.17, 15) is 9.59 Å². The molecular formula is C27H31N5O3. The maximum atomic E-state index is 13.4. The number of nitrogens with zero attached hydrogens (tertiary/aromatic N) is 4. The lowest BCUT2D eigenvalue weighted by atomic mass is 10.0. The van der Waals surface area contributed by atoms with Gasteiger partial charge in [-0.1, -0.05) is 25.1 Å². The Hall–Kier alpha value is -3.81. The average Bonchev–Trinajstić information content (AvgIpc) is 3.39. The van der Waals surface area contributed by atoms with Crippen molar-refractivity contribution in [3.63, 3.8) is 0 Å². The first kappa shape index (κ1) is 23.0. The summed E-state index contributed by atoms with van der Waals surface area (Å²) in [7, 11) is 2.04. The molecule has 1 aliphatic rings. The number of aryl methyl sites for hydroxylation is 3. The SMILES string of the molecule is CCc1cc(C(=O)N2CCCC(OC(N)=O)C2)cc2nc(-c3cc4ccccc4n3CC)n(C)c12. The van der Waals surface area contributed by atoms with E-state index in [1.54, 1.807) is 4.90 Å². The Morgan fingerprint density at radius 3 is 2.71 bits per heavy atom. The van der Waals surface area contributed by atoms with Crippen LogP contribution >= 0.6 is 0 Å². The van der Waals surface area contributed by atoms with Gasteiger partial charge in [-0.15, -0.1) is 0 Å². The second kappa shape index (κ2) is 9.09. The van der Waals surface area contributed by atoms with Gasteiger partial charge in [0.25, 0.3) is 5.91 Å². The van der Waals surface area contributed by atoms with Gasteiger partial charge in [0.1, 0.15) is 6.10 Å². The number of aromatic nitrogens is 3. The summed E-state index contributed by atoms with van der Waals surface area (Å²) in [4.78, 5) is 31.4. The number of likely N-dealkylation sites (tertiary alicyclic amines) is 1. The van der Waals surface area contributed by atoms with Gasteiger partial charge in [0.15, 0.2) is 5.82 Å². The Morgan fingerprint density at radius 1 is 1.17 bits per heavy atom. The minimum absolute atomic E-state index is 0.0748. The minimum Gasteiger partial charge on any atom is -0.445 e. The van der Waals surface area contributed by atoms with E-state index in [-0.39, 0.29) is 12.0 Å². The van der Waals surface area contributed by atoms with Crippen molar-refractivity contribution in [1.82, 2.24) is 19.0 Å². The van der Waals surface area contributed by atoms with Crippen LogP contribution in [-0.2, 0) is 24.8 Å². The van der Waals surface area contributed by atoms with Gasteiger partial charge in [-0.05, 0) is 56.0 Å². The number of imidazole rings is 1. The van der Waals surface area contributed by atoms with Crippen LogP contribution in [0.25, 0.3) is 33.5 Å². The molecule has 182 valence electrons. The fourth-order valence-electron chi connectivity index (χ4n) is 5.37. The molecule has 8 heteroatoms. The molecule has 4 aromatic rings. The molecule has 0 saturated carbocycles. The predicted octanol–water partition coefficient (Wildman–Crippen LogP) is 4.48. The number of piperidine rings is 1. The fraction of sp³-hybridized carbons (Fsp3) is 0.370. The number of carbonyl (C=O) groups is 2. The number of hydrogen-bond donors (Lipinski definition) is 1. The number of primary amides is 1. The summed E-state index contributed by atoms with van der Waals surface area (Å²) < 4.78 is 9.58. The van der Waals surface area contributed by atoms with Crippen molar-refractivity contribution in [2.45, 2.75) is 45.8 Å². The van der Waals surface area contributed by atoms with E-state index in [1.165, 1.54) is 10.9 Å². The molecule has 0 aliphatic carbocycles. The summed E-state index contributed by atoms with van der Waals surface area (Å²) in [6.07, 6.45) is 1.09. The maximum absolute atomic E-state index is 13.4. The van der Waals surface area contributed by atoms with Crippen molar-refractivity contribution in [2.24, 2.45) is 12.8 Å². The first-order valence-corrected chi connectivity index (χ1v) is 12.2. The largest absolute Gasteiger partial charge is 0.445 e. The number of fused-ring (bicyclic) bond motifs is 2. The number of carbonyl (C=O) groups excluding carboxylic acids is 2. The number of benzene rings is 2. The lowest BCUT2D eigenvalue weighted by Gasteiger charge is -2.32. The molecule has 3 heterocycles.